The lowest BCUT2D eigenvalue weighted by Crippen LogP contribution is -2.26. The molecule has 136 valence electrons. The lowest BCUT2D eigenvalue weighted by atomic mass is 10.2. The molecule has 1 aliphatic rings. The molecule has 0 spiro atoms. The van der Waals surface area contributed by atoms with Crippen molar-refractivity contribution < 1.29 is 4.74 Å². The number of hydrogen-bond donors (Lipinski definition) is 2. The quantitative estimate of drug-likeness (QED) is 0.705. The van der Waals surface area contributed by atoms with E-state index in [0.29, 0.717) is 6.54 Å². The van der Waals surface area contributed by atoms with Crippen LogP contribution in [0.25, 0.3) is 11.3 Å². The van der Waals surface area contributed by atoms with Crippen LogP contribution in [-0.2, 0) is 17.7 Å². The highest BCUT2D eigenvalue weighted by Crippen LogP contribution is 2.33. The van der Waals surface area contributed by atoms with Gasteiger partial charge in [-0.05, 0) is 18.6 Å². The Hall–Kier alpha value is -2.58. The Labute approximate surface area is 152 Å². The van der Waals surface area contributed by atoms with Gasteiger partial charge in [0.2, 0.25) is 0 Å². The third kappa shape index (κ3) is 3.38. The lowest BCUT2D eigenvalue weighted by Gasteiger charge is -2.21. The van der Waals surface area contributed by atoms with Crippen molar-refractivity contribution in [1.82, 2.24) is 35.0 Å². The van der Waals surface area contributed by atoms with E-state index < -0.39 is 0 Å². The van der Waals surface area contributed by atoms with Crippen LogP contribution in [-0.4, -0.2) is 54.8 Å². The fourth-order valence-electron chi connectivity index (χ4n) is 3.42. The first kappa shape index (κ1) is 16.9. The molecule has 0 radical (unpaired) electrons. The molecule has 0 aromatic carbocycles. The molecule has 4 heterocycles. The lowest BCUT2D eigenvalue weighted by molar-refractivity contribution is 0.107. The van der Waals surface area contributed by atoms with Gasteiger partial charge in [-0.25, -0.2) is 9.97 Å². The summed E-state index contributed by atoms with van der Waals surface area (Å²) in [6.07, 6.45) is 7.38. The molecule has 3 aromatic heterocycles. The van der Waals surface area contributed by atoms with Crippen molar-refractivity contribution in [3.8, 4) is 11.3 Å². The zero-order valence-corrected chi connectivity index (χ0v) is 15.0. The van der Waals surface area contributed by atoms with Crippen molar-refractivity contribution in [3.05, 3.63) is 48.2 Å². The molecule has 2 N–H and O–H groups in total. The SMILES string of the molecule is CCc1n[nH]c(CN2C[C@H](OC)C[C@H]2c2ncc(-c3cccnc3)[nH]2)n1. The first-order valence-electron chi connectivity index (χ1n) is 8.89. The first-order valence-corrected chi connectivity index (χ1v) is 8.89. The van der Waals surface area contributed by atoms with E-state index in [1.54, 1.807) is 13.3 Å². The number of rotatable bonds is 6. The van der Waals surface area contributed by atoms with Gasteiger partial charge in [-0.15, -0.1) is 0 Å². The summed E-state index contributed by atoms with van der Waals surface area (Å²) in [5, 5.41) is 7.27. The van der Waals surface area contributed by atoms with Crippen LogP contribution in [0.5, 0.6) is 0 Å². The second kappa shape index (κ2) is 7.35. The number of ether oxygens (including phenoxy) is 1. The van der Waals surface area contributed by atoms with E-state index in [0.717, 1.165) is 48.1 Å². The van der Waals surface area contributed by atoms with Gasteiger partial charge in [-0.2, -0.15) is 5.10 Å². The molecule has 3 aromatic rings. The van der Waals surface area contributed by atoms with Crippen LogP contribution in [0.15, 0.2) is 30.7 Å². The monoisotopic (exact) mass is 353 g/mol. The molecular weight excluding hydrogens is 330 g/mol. The zero-order chi connectivity index (χ0) is 17.9. The number of nitrogens with zero attached hydrogens (tertiary/aromatic N) is 5. The normalized spacial score (nSPS) is 20.7. The Balaban J connectivity index is 1.55. The number of H-pyrrole nitrogens is 2. The summed E-state index contributed by atoms with van der Waals surface area (Å²) in [5.74, 6) is 2.66. The summed E-state index contributed by atoms with van der Waals surface area (Å²) in [6.45, 7) is 3.59. The number of aryl methyl sites for hydroxylation is 1. The Morgan fingerprint density at radius 2 is 2.27 bits per heavy atom. The maximum Gasteiger partial charge on any atom is 0.150 e. The summed E-state index contributed by atoms with van der Waals surface area (Å²) in [4.78, 5) is 19.1. The highest BCUT2D eigenvalue weighted by atomic mass is 16.5. The maximum absolute atomic E-state index is 5.61. The predicted molar refractivity (Wildman–Crippen MR) is 96.1 cm³/mol. The minimum absolute atomic E-state index is 0.153. The average Bonchev–Trinajstić information content (AvgIpc) is 3.42. The topological polar surface area (TPSA) is 95.6 Å². The fraction of sp³-hybridized carbons (Fsp3) is 0.444. The number of pyridine rings is 1. The summed E-state index contributed by atoms with van der Waals surface area (Å²) in [7, 11) is 1.76. The molecule has 0 aliphatic carbocycles. The number of aromatic nitrogens is 6. The molecule has 8 heteroatoms. The van der Waals surface area contributed by atoms with Gasteiger partial charge in [0.05, 0.1) is 30.6 Å². The molecule has 8 nitrogen and oxygen atoms in total. The summed E-state index contributed by atoms with van der Waals surface area (Å²) in [6, 6.07) is 4.10. The molecule has 26 heavy (non-hydrogen) atoms. The minimum Gasteiger partial charge on any atom is -0.380 e. The van der Waals surface area contributed by atoms with E-state index in [1.165, 1.54) is 0 Å². The highest BCUT2D eigenvalue weighted by molar-refractivity contribution is 5.56. The Kier molecular flexibility index (Phi) is 4.77. The first-order chi connectivity index (χ1) is 12.8. The highest BCUT2D eigenvalue weighted by Gasteiger charge is 2.35. The number of likely N-dealkylation sites (tertiary alicyclic amines) is 1. The fourth-order valence-corrected chi connectivity index (χ4v) is 3.42. The number of imidazole rings is 1. The van der Waals surface area contributed by atoms with Gasteiger partial charge in [0.15, 0.2) is 0 Å². The number of aromatic amines is 2. The van der Waals surface area contributed by atoms with Crippen LogP contribution < -0.4 is 0 Å². The number of hydrogen-bond acceptors (Lipinski definition) is 6. The van der Waals surface area contributed by atoms with Gasteiger partial charge in [0, 0.05) is 38.0 Å². The van der Waals surface area contributed by atoms with E-state index in [9.17, 15) is 0 Å². The average molecular weight is 353 g/mol. The Morgan fingerprint density at radius 3 is 3.00 bits per heavy atom. The second-order valence-corrected chi connectivity index (χ2v) is 6.51. The van der Waals surface area contributed by atoms with Crippen LogP contribution in [0.3, 0.4) is 0 Å². The smallest absolute Gasteiger partial charge is 0.150 e. The number of nitrogens with one attached hydrogen (secondary N) is 2. The van der Waals surface area contributed by atoms with Crippen molar-refractivity contribution in [2.24, 2.45) is 0 Å². The van der Waals surface area contributed by atoms with Gasteiger partial charge in [0.1, 0.15) is 17.5 Å². The van der Waals surface area contributed by atoms with Crippen molar-refractivity contribution in [2.75, 3.05) is 13.7 Å². The molecule has 0 saturated carbocycles. The molecule has 0 bridgehead atoms. The third-order valence-electron chi connectivity index (χ3n) is 4.83. The van der Waals surface area contributed by atoms with Crippen molar-refractivity contribution in [1.29, 1.82) is 0 Å². The standard InChI is InChI=1S/C18H23N7O/c1-3-16-22-17(24-23-16)11-25-10-13(26-2)7-15(25)18-20-9-14(21-18)12-5-4-6-19-8-12/h4-6,8-9,13,15H,3,7,10-11H2,1-2H3,(H,20,21)(H,22,23,24)/t13-,15+/m1/s1. The van der Waals surface area contributed by atoms with Gasteiger partial charge in [-0.1, -0.05) is 6.92 Å². The Morgan fingerprint density at radius 1 is 1.35 bits per heavy atom. The zero-order valence-electron chi connectivity index (χ0n) is 15.0. The van der Waals surface area contributed by atoms with Gasteiger partial charge >= 0.3 is 0 Å². The molecule has 0 unspecified atom stereocenters. The van der Waals surface area contributed by atoms with E-state index in [1.807, 2.05) is 24.5 Å². The van der Waals surface area contributed by atoms with Gasteiger partial charge in [-0.3, -0.25) is 15.0 Å². The van der Waals surface area contributed by atoms with Crippen molar-refractivity contribution >= 4 is 0 Å². The Bertz CT molecular complexity index is 844. The predicted octanol–water partition coefficient (Wildman–Crippen LogP) is 2.11. The molecule has 1 fully saturated rings. The summed E-state index contributed by atoms with van der Waals surface area (Å²) in [5.41, 5.74) is 2.00. The second-order valence-electron chi connectivity index (χ2n) is 6.51. The molecule has 0 amide bonds. The van der Waals surface area contributed by atoms with E-state index in [2.05, 4.69) is 42.0 Å². The molecule has 1 aliphatic heterocycles. The van der Waals surface area contributed by atoms with Crippen molar-refractivity contribution in [2.45, 2.75) is 38.5 Å². The number of methoxy groups -OCH3 is 1. The van der Waals surface area contributed by atoms with Crippen LogP contribution in [0.4, 0.5) is 0 Å². The van der Waals surface area contributed by atoms with Crippen LogP contribution >= 0.6 is 0 Å². The maximum atomic E-state index is 5.61. The van der Waals surface area contributed by atoms with Crippen molar-refractivity contribution in [3.63, 3.8) is 0 Å². The van der Waals surface area contributed by atoms with E-state index >= 15 is 0 Å². The molecular formula is C18H23N7O. The van der Waals surface area contributed by atoms with E-state index in [-0.39, 0.29) is 12.1 Å². The van der Waals surface area contributed by atoms with Gasteiger partial charge in [0.25, 0.3) is 0 Å². The molecule has 4 rings (SSSR count). The van der Waals surface area contributed by atoms with Crippen LogP contribution in [0.1, 0.15) is 36.9 Å². The summed E-state index contributed by atoms with van der Waals surface area (Å²) < 4.78 is 5.61. The largest absolute Gasteiger partial charge is 0.380 e. The molecule has 2 atom stereocenters. The van der Waals surface area contributed by atoms with Gasteiger partial charge < -0.3 is 9.72 Å². The van der Waals surface area contributed by atoms with E-state index in [4.69, 9.17) is 4.74 Å². The molecule has 1 saturated heterocycles. The van der Waals surface area contributed by atoms with Crippen LogP contribution in [0, 0.1) is 0 Å². The van der Waals surface area contributed by atoms with Crippen LogP contribution in [0.2, 0.25) is 0 Å². The minimum atomic E-state index is 0.153. The third-order valence-corrected chi connectivity index (χ3v) is 4.83. The summed E-state index contributed by atoms with van der Waals surface area (Å²) >= 11 is 0.